The van der Waals surface area contributed by atoms with E-state index in [0.717, 1.165) is 11.8 Å². The Morgan fingerprint density at radius 1 is 1.10 bits per heavy atom. The fourth-order valence-electron chi connectivity index (χ4n) is 3.30. The Morgan fingerprint density at radius 2 is 1.83 bits per heavy atom. The molecular weight excluding hydrogens is 390 g/mol. The molecular formula is C23H20F2N2O3. The predicted octanol–water partition coefficient (Wildman–Crippen LogP) is 4.86. The molecule has 0 amide bonds. The van der Waals surface area contributed by atoms with Crippen LogP contribution < -0.4 is 0 Å². The fourth-order valence-corrected chi connectivity index (χ4v) is 3.30. The second kappa shape index (κ2) is 9.26. The number of hydrogen-bond donors (Lipinski definition) is 1. The third-order valence-electron chi connectivity index (χ3n) is 4.82. The van der Waals surface area contributed by atoms with E-state index in [2.05, 4.69) is 10.1 Å². The molecule has 30 heavy (non-hydrogen) atoms. The maximum absolute atomic E-state index is 14.6. The molecule has 0 saturated carbocycles. The molecule has 1 atom stereocenters. The monoisotopic (exact) mass is 410 g/mol. The average Bonchev–Trinajstić information content (AvgIpc) is 2.75. The van der Waals surface area contributed by atoms with Gasteiger partial charge in [-0.1, -0.05) is 23.4 Å². The molecule has 2 aromatic carbocycles. The highest BCUT2D eigenvalue weighted by molar-refractivity contribution is 6.01. The Balaban J connectivity index is 2.04. The Bertz CT molecular complexity index is 1080. The molecule has 1 unspecified atom stereocenters. The first-order valence-electron chi connectivity index (χ1n) is 9.20. The molecule has 5 nitrogen and oxygen atoms in total. The Hall–Kier alpha value is -3.61. The highest BCUT2D eigenvalue weighted by atomic mass is 19.1. The standard InChI is InChI=1S/C23H20F2N2O3/c1-14-11-17(9-10-26-14)22(27-29)13-20(19-8-7-18(24)12-21(19)25)15-3-5-16(6-4-15)23(28)30-2/h3-12,20,29H,13H2,1-2H3. The lowest BCUT2D eigenvalue weighted by molar-refractivity contribution is 0.0600. The van der Waals surface area contributed by atoms with Crippen molar-refractivity contribution in [3.63, 3.8) is 0 Å². The number of carbonyl (C=O) groups excluding carboxylic acids is 1. The maximum atomic E-state index is 14.6. The summed E-state index contributed by atoms with van der Waals surface area (Å²) in [6, 6.07) is 13.3. The zero-order valence-electron chi connectivity index (χ0n) is 16.5. The van der Waals surface area contributed by atoms with Crippen molar-refractivity contribution in [3.8, 4) is 0 Å². The molecule has 0 radical (unpaired) electrons. The minimum absolute atomic E-state index is 0.139. The third kappa shape index (κ3) is 4.68. The highest BCUT2D eigenvalue weighted by Crippen LogP contribution is 2.32. The number of aromatic nitrogens is 1. The van der Waals surface area contributed by atoms with E-state index in [0.29, 0.717) is 22.4 Å². The lowest BCUT2D eigenvalue weighted by Gasteiger charge is -2.20. The number of carbonyl (C=O) groups is 1. The van der Waals surface area contributed by atoms with Crippen molar-refractivity contribution < 1.29 is 23.5 Å². The van der Waals surface area contributed by atoms with E-state index in [1.807, 2.05) is 0 Å². The summed E-state index contributed by atoms with van der Waals surface area (Å²) in [6.45, 7) is 1.81. The molecule has 1 heterocycles. The van der Waals surface area contributed by atoms with Gasteiger partial charge in [0.25, 0.3) is 0 Å². The van der Waals surface area contributed by atoms with E-state index in [1.165, 1.54) is 19.2 Å². The van der Waals surface area contributed by atoms with E-state index in [-0.39, 0.29) is 12.0 Å². The van der Waals surface area contributed by atoms with Crippen molar-refractivity contribution in [2.45, 2.75) is 19.3 Å². The van der Waals surface area contributed by atoms with Crippen molar-refractivity contribution in [1.82, 2.24) is 4.98 Å². The van der Waals surface area contributed by atoms with Gasteiger partial charge in [-0.3, -0.25) is 4.98 Å². The maximum Gasteiger partial charge on any atom is 0.337 e. The van der Waals surface area contributed by atoms with Crippen molar-refractivity contribution in [3.05, 3.63) is 100 Å². The molecule has 3 aromatic rings. The van der Waals surface area contributed by atoms with Crippen molar-refractivity contribution >= 4 is 11.7 Å². The largest absolute Gasteiger partial charge is 0.465 e. The zero-order valence-corrected chi connectivity index (χ0v) is 16.5. The van der Waals surface area contributed by atoms with Gasteiger partial charge in [0.2, 0.25) is 0 Å². The molecule has 1 aromatic heterocycles. The molecule has 0 saturated heterocycles. The van der Waals surface area contributed by atoms with E-state index < -0.39 is 23.5 Å². The summed E-state index contributed by atoms with van der Waals surface area (Å²) < 4.78 is 32.8. The fraction of sp³-hybridized carbons (Fsp3) is 0.174. The van der Waals surface area contributed by atoms with Gasteiger partial charge in [0.15, 0.2) is 0 Å². The summed E-state index contributed by atoms with van der Waals surface area (Å²) in [5, 5.41) is 13.0. The molecule has 3 rings (SSSR count). The number of halogens is 2. The number of pyridine rings is 1. The van der Waals surface area contributed by atoms with Crippen LogP contribution in [0.15, 0.2) is 65.9 Å². The van der Waals surface area contributed by atoms with Crippen LogP contribution in [0.1, 0.15) is 45.1 Å². The summed E-state index contributed by atoms with van der Waals surface area (Å²) in [5.74, 6) is -2.47. The first kappa shape index (κ1) is 21.1. The zero-order chi connectivity index (χ0) is 21.7. The van der Waals surface area contributed by atoms with Gasteiger partial charge in [0.05, 0.1) is 18.4 Å². The van der Waals surface area contributed by atoms with Crippen molar-refractivity contribution in [2.24, 2.45) is 5.16 Å². The molecule has 0 bridgehead atoms. The van der Waals surface area contributed by atoms with Crippen LogP contribution in [0.2, 0.25) is 0 Å². The van der Waals surface area contributed by atoms with Crippen LogP contribution in [0, 0.1) is 18.6 Å². The summed E-state index contributed by atoms with van der Waals surface area (Å²) in [7, 11) is 1.29. The van der Waals surface area contributed by atoms with Gasteiger partial charge in [0.1, 0.15) is 11.6 Å². The number of aryl methyl sites for hydroxylation is 1. The number of nitrogens with zero attached hydrogens (tertiary/aromatic N) is 2. The van der Waals surface area contributed by atoms with Crippen LogP contribution in [0.25, 0.3) is 0 Å². The smallest absolute Gasteiger partial charge is 0.337 e. The first-order chi connectivity index (χ1) is 14.4. The summed E-state index contributed by atoms with van der Waals surface area (Å²) in [5.41, 5.74) is 2.96. The number of benzene rings is 2. The van der Waals surface area contributed by atoms with Crippen LogP contribution in [0.5, 0.6) is 0 Å². The Morgan fingerprint density at radius 3 is 2.43 bits per heavy atom. The molecule has 7 heteroatoms. The van der Waals surface area contributed by atoms with Gasteiger partial charge < -0.3 is 9.94 Å². The number of hydrogen-bond acceptors (Lipinski definition) is 5. The van der Waals surface area contributed by atoms with E-state index >= 15 is 0 Å². The van der Waals surface area contributed by atoms with Crippen LogP contribution >= 0.6 is 0 Å². The summed E-state index contributed by atoms with van der Waals surface area (Å²) in [6.07, 6.45) is 1.73. The van der Waals surface area contributed by atoms with Crippen LogP contribution in [0.4, 0.5) is 8.78 Å². The second-order valence-corrected chi connectivity index (χ2v) is 6.77. The van der Waals surface area contributed by atoms with Crippen LogP contribution in [-0.4, -0.2) is 29.0 Å². The molecule has 0 spiro atoms. The summed E-state index contributed by atoms with van der Waals surface area (Å²) >= 11 is 0. The van der Waals surface area contributed by atoms with Gasteiger partial charge in [-0.05, 0) is 48.4 Å². The molecule has 154 valence electrons. The van der Waals surface area contributed by atoms with E-state index in [1.54, 1.807) is 49.5 Å². The van der Waals surface area contributed by atoms with Crippen LogP contribution in [0.3, 0.4) is 0 Å². The average molecular weight is 410 g/mol. The number of esters is 1. The summed E-state index contributed by atoms with van der Waals surface area (Å²) in [4.78, 5) is 15.8. The number of methoxy groups -OCH3 is 1. The lowest BCUT2D eigenvalue weighted by Crippen LogP contribution is -2.13. The van der Waals surface area contributed by atoms with Gasteiger partial charge in [-0.15, -0.1) is 0 Å². The van der Waals surface area contributed by atoms with Gasteiger partial charge in [0, 0.05) is 35.9 Å². The predicted molar refractivity (Wildman–Crippen MR) is 108 cm³/mol. The van der Waals surface area contributed by atoms with E-state index in [4.69, 9.17) is 4.74 Å². The topological polar surface area (TPSA) is 71.8 Å². The van der Waals surface area contributed by atoms with Gasteiger partial charge in [-0.25, -0.2) is 13.6 Å². The first-order valence-corrected chi connectivity index (χ1v) is 9.20. The Labute approximate surface area is 172 Å². The SMILES string of the molecule is COC(=O)c1ccc(C(CC(=NO)c2ccnc(C)c2)c2ccc(F)cc2F)cc1. The minimum atomic E-state index is -0.708. The molecule has 0 aliphatic heterocycles. The highest BCUT2D eigenvalue weighted by Gasteiger charge is 2.22. The van der Waals surface area contributed by atoms with Gasteiger partial charge >= 0.3 is 5.97 Å². The van der Waals surface area contributed by atoms with Gasteiger partial charge in [-0.2, -0.15) is 0 Å². The number of rotatable bonds is 6. The van der Waals surface area contributed by atoms with Crippen molar-refractivity contribution in [1.29, 1.82) is 0 Å². The normalized spacial score (nSPS) is 12.5. The quantitative estimate of drug-likeness (QED) is 0.273. The number of ether oxygens (including phenoxy) is 1. The second-order valence-electron chi connectivity index (χ2n) is 6.77. The lowest BCUT2D eigenvalue weighted by atomic mass is 9.85. The third-order valence-corrected chi connectivity index (χ3v) is 4.82. The minimum Gasteiger partial charge on any atom is -0.465 e. The van der Waals surface area contributed by atoms with Crippen molar-refractivity contribution in [2.75, 3.05) is 7.11 Å². The molecule has 0 fully saturated rings. The number of oxime groups is 1. The molecule has 1 N–H and O–H groups in total. The Kier molecular flexibility index (Phi) is 6.51. The molecule has 0 aliphatic rings. The molecule has 0 aliphatic carbocycles. The van der Waals surface area contributed by atoms with Crippen LogP contribution in [-0.2, 0) is 4.74 Å². The van der Waals surface area contributed by atoms with E-state index in [9.17, 15) is 18.8 Å².